The summed E-state index contributed by atoms with van der Waals surface area (Å²) in [5, 5.41) is 0. The van der Waals surface area contributed by atoms with Gasteiger partial charge < -0.3 is 4.74 Å². The molecule has 2 nitrogen and oxygen atoms in total. The number of esters is 1. The van der Waals surface area contributed by atoms with Crippen LogP contribution in [0, 0.1) is 5.92 Å². The molecule has 0 N–H and O–H groups in total. The third-order valence-corrected chi connectivity index (χ3v) is 4.42. The molecule has 2 heteroatoms. The average Bonchev–Trinajstić information content (AvgIpc) is 2.52. The van der Waals surface area contributed by atoms with Gasteiger partial charge in [-0.3, -0.25) is 4.79 Å². The van der Waals surface area contributed by atoms with E-state index in [2.05, 4.69) is 20.8 Å². The summed E-state index contributed by atoms with van der Waals surface area (Å²) >= 11 is 0. The zero-order valence-electron chi connectivity index (χ0n) is 16.2. The SMILES string of the molecule is CCCCCCCCCCCCC(=O)OCCCCCC(C)C. The lowest BCUT2D eigenvalue weighted by molar-refractivity contribution is -0.143. The van der Waals surface area contributed by atoms with E-state index in [1.807, 2.05) is 0 Å². The molecule has 0 atom stereocenters. The number of hydrogen-bond donors (Lipinski definition) is 0. The van der Waals surface area contributed by atoms with Crippen molar-refractivity contribution in [3.63, 3.8) is 0 Å². The Labute approximate surface area is 145 Å². The summed E-state index contributed by atoms with van der Waals surface area (Å²) in [6.45, 7) is 7.39. The topological polar surface area (TPSA) is 26.3 Å². The smallest absolute Gasteiger partial charge is 0.305 e. The van der Waals surface area contributed by atoms with E-state index in [1.165, 1.54) is 77.0 Å². The first kappa shape index (κ1) is 22.5. The van der Waals surface area contributed by atoms with Crippen LogP contribution in [0.5, 0.6) is 0 Å². The van der Waals surface area contributed by atoms with Crippen molar-refractivity contribution in [3.8, 4) is 0 Å². The molecule has 23 heavy (non-hydrogen) atoms. The molecule has 0 unspecified atom stereocenters. The molecule has 0 aromatic rings. The summed E-state index contributed by atoms with van der Waals surface area (Å²) in [6, 6.07) is 0. The lowest BCUT2D eigenvalue weighted by Crippen LogP contribution is -2.05. The highest BCUT2D eigenvalue weighted by Crippen LogP contribution is 2.12. The van der Waals surface area contributed by atoms with E-state index in [-0.39, 0.29) is 5.97 Å². The van der Waals surface area contributed by atoms with Crippen LogP contribution in [0.15, 0.2) is 0 Å². The van der Waals surface area contributed by atoms with Crippen molar-refractivity contribution in [2.45, 2.75) is 117 Å². The molecule has 0 rings (SSSR count). The van der Waals surface area contributed by atoms with Gasteiger partial charge in [-0.15, -0.1) is 0 Å². The van der Waals surface area contributed by atoms with E-state index in [1.54, 1.807) is 0 Å². The van der Waals surface area contributed by atoms with E-state index in [4.69, 9.17) is 4.74 Å². The Kier molecular flexibility index (Phi) is 17.4. The fourth-order valence-corrected chi connectivity index (χ4v) is 2.85. The average molecular weight is 327 g/mol. The highest BCUT2D eigenvalue weighted by molar-refractivity contribution is 5.69. The first-order valence-corrected chi connectivity index (χ1v) is 10.3. The van der Waals surface area contributed by atoms with Gasteiger partial charge in [-0.1, -0.05) is 97.8 Å². The summed E-state index contributed by atoms with van der Waals surface area (Å²) in [5.74, 6) is 0.794. The van der Waals surface area contributed by atoms with E-state index in [0.29, 0.717) is 13.0 Å². The first-order valence-electron chi connectivity index (χ1n) is 10.3. The van der Waals surface area contributed by atoms with Gasteiger partial charge in [-0.05, 0) is 18.8 Å². The number of unbranched alkanes of at least 4 members (excludes halogenated alkanes) is 11. The number of carbonyl (C=O) groups excluding carboxylic acids is 1. The van der Waals surface area contributed by atoms with Gasteiger partial charge in [0.1, 0.15) is 0 Å². The minimum atomic E-state index is 0.00780. The second kappa shape index (κ2) is 17.8. The zero-order valence-corrected chi connectivity index (χ0v) is 16.2. The maximum absolute atomic E-state index is 11.6. The van der Waals surface area contributed by atoms with Crippen molar-refractivity contribution in [2.24, 2.45) is 5.92 Å². The highest BCUT2D eigenvalue weighted by Gasteiger charge is 2.02. The van der Waals surface area contributed by atoms with Gasteiger partial charge >= 0.3 is 5.97 Å². The molecule has 0 saturated heterocycles. The predicted octanol–water partition coefficient (Wildman–Crippen LogP) is 7.06. The van der Waals surface area contributed by atoms with Gasteiger partial charge in [-0.2, -0.15) is 0 Å². The lowest BCUT2D eigenvalue weighted by Gasteiger charge is -2.06. The minimum absolute atomic E-state index is 0.00780. The largest absolute Gasteiger partial charge is 0.466 e. The molecule has 0 aromatic carbocycles. The molecule has 0 bridgehead atoms. The van der Waals surface area contributed by atoms with Crippen LogP contribution in [0.3, 0.4) is 0 Å². The molecular formula is C21H42O2. The third kappa shape index (κ3) is 19.4. The van der Waals surface area contributed by atoms with Crippen LogP contribution in [0.4, 0.5) is 0 Å². The molecular weight excluding hydrogens is 284 g/mol. The molecule has 0 radical (unpaired) electrons. The zero-order chi connectivity index (χ0) is 17.2. The summed E-state index contributed by atoms with van der Waals surface area (Å²) in [7, 11) is 0. The molecule has 0 spiro atoms. The van der Waals surface area contributed by atoms with Crippen molar-refractivity contribution < 1.29 is 9.53 Å². The van der Waals surface area contributed by atoms with Crippen LogP contribution in [0.2, 0.25) is 0 Å². The second-order valence-electron chi connectivity index (χ2n) is 7.40. The van der Waals surface area contributed by atoms with Gasteiger partial charge in [0.25, 0.3) is 0 Å². The fourth-order valence-electron chi connectivity index (χ4n) is 2.85. The molecule has 0 saturated carbocycles. The Morgan fingerprint density at radius 3 is 1.83 bits per heavy atom. The maximum atomic E-state index is 11.6. The summed E-state index contributed by atoms with van der Waals surface area (Å²) < 4.78 is 5.29. The predicted molar refractivity (Wildman–Crippen MR) is 101 cm³/mol. The Hall–Kier alpha value is -0.530. The van der Waals surface area contributed by atoms with E-state index in [0.717, 1.165) is 18.8 Å². The van der Waals surface area contributed by atoms with Crippen molar-refractivity contribution >= 4 is 5.97 Å². The Morgan fingerprint density at radius 2 is 1.26 bits per heavy atom. The van der Waals surface area contributed by atoms with Crippen LogP contribution in [0.1, 0.15) is 117 Å². The van der Waals surface area contributed by atoms with E-state index < -0.39 is 0 Å². The van der Waals surface area contributed by atoms with Gasteiger partial charge in [-0.25, -0.2) is 0 Å². The quantitative estimate of drug-likeness (QED) is 0.211. The molecule has 0 aromatic heterocycles. The molecule has 138 valence electrons. The van der Waals surface area contributed by atoms with Crippen LogP contribution < -0.4 is 0 Å². The summed E-state index contributed by atoms with van der Waals surface area (Å²) in [5.41, 5.74) is 0. The van der Waals surface area contributed by atoms with Crippen LogP contribution >= 0.6 is 0 Å². The third-order valence-electron chi connectivity index (χ3n) is 4.42. The number of carbonyl (C=O) groups is 1. The van der Waals surface area contributed by atoms with Crippen molar-refractivity contribution in [1.29, 1.82) is 0 Å². The summed E-state index contributed by atoms with van der Waals surface area (Å²) in [4.78, 5) is 11.6. The fraction of sp³-hybridized carbons (Fsp3) is 0.952. The Bertz CT molecular complexity index is 248. The van der Waals surface area contributed by atoms with E-state index in [9.17, 15) is 4.79 Å². The van der Waals surface area contributed by atoms with Crippen LogP contribution in [-0.2, 0) is 9.53 Å². The monoisotopic (exact) mass is 326 g/mol. The lowest BCUT2D eigenvalue weighted by atomic mass is 10.1. The standard InChI is InChI=1S/C21H42O2/c1-4-5-6-7-8-9-10-11-12-15-18-21(22)23-19-16-13-14-17-20(2)3/h20H,4-19H2,1-3H3. The second-order valence-corrected chi connectivity index (χ2v) is 7.40. The van der Waals surface area contributed by atoms with Gasteiger partial charge in [0.15, 0.2) is 0 Å². The minimum Gasteiger partial charge on any atom is -0.466 e. The normalized spacial score (nSPS) is 11.1. The molecule has 0 fully saturated rings. The van der Waals surface area contributed by atoms with Crippen molar-refractivity contribution in [1.82, 2.24) is 0 Å². The molecule has 0 heterocycles. The number of rotatable bonds is 17. The number of ether oxygens (including phenoxy) is 1. The van der Waals surface area contributed by atoms with Gasteiger partial charge in [0.05, 0.1) is 6.61 Å². The van der Waals surface area contributed by atoms with Crippen LogP contribution in [-0.4, -0.2) is 12.6 Å². The Balaban J connectivity index is 3.15. The highest BCUT2D eigenvalue weighted by atomic mass is 16.5. The van der Waals surface area contributed by atoms with Gasteiger partial charge in [0, 0.05) is 6.42 Å². The van der Waals surface area contributed by atoms with Crippen LogP contribution in [0.25, 0.3) is 0 Å². The first-order chi connectivity index (χ1) is 11.2. The molecule has 0 aliphatic rings. The van der Waals surface area contributed by atoms with Crippen molar-refractivity contribution in [2.75, 3.05) is 6.61 Å². The molecule has 0 aliphatic heterocycles. The molecule has 0 aliphatic carbocycles. The maximum Gasteiger partial charge on any atom is 0.305 e. The van der Waals surface area contributed by atoms with Crippen molar-refractivity contribution in [3.05, 3.63) is 0 Å². The van der Waals surface area contributed by atoms with E-state index >= 15 is 0 Å². The summed E-state index contributed by atoms with van der Waals surface area (Å²) in [6.07, 6.45) is 18.4. The molecule has 0 amide bonds. The van der Waals surface area contributed by atoms with Gasteiger partial charge in [0.2, 0.25) is 0 Å². The Morgan fingerprint density at radius 1 is 0.739 bits per heavy atom. The number of hydrogen-bond acceptors (Lipinski definition) is 2.